The highest BCUT2D eigenvalue weighted by Crippen LogP contribution is 2.07. The molecule has 1 rings (SSSR count). The first-order valence-corrected chi connectivity index (χ1v) is 5.73. The molecule has 0 radical (unpaired) electrons. The monoisotopic (exact) mass is 225 g/mol. The Balaban J connectivity index is 2.31. The van der Waals surface area contributed by atoms with Gasteiger partial charge in [0.05, 0.1) is 6.61 Å². The molecule has 2 N–H and O–H groups in total. The predicted octanol–water partition coefficient (Wildman–Crippen LogP) is 2.12. The van der Waals surface area contributed by atoms with Gasteiger partial charge in [0.15, 0.2) is 0 Å². The normalized spacial score (nSPS) is 14.8. The highest BCUT2D eigenvalue weighted by atomic mass is 19.1. The lowest BCUT2D eigenvalue weighted by Crippen LogP contribution is -2.36. The van der Waals surface area contributed by atoms with Crippen molar-refractivity contribution in [2.24, 2.45) is 0 Å². The summed E-state index contributed by atoms with van der Waals surface area (Å²) in [6.07, 6.45) is 1.91. The highest BCUT2D eigenvalue weighted by Gasteiger charge is 2.06. The van der Waals surface area contributed by atoms with Crippen LogP contribution in [0.3, 0.4) is 0 Å². The summed E-state index contributed by atoms with van der Waals surface area (Å²) >= 11 is 0. The summed E-state index contributed by atoms with van der Waals surface area (Å²) in [6, 6.07) is 7.10. The molecular weight excluding hydrogens is 205 g/mol. The summed E-state index contributed by atoms with van der Waals surface area (Å²) in [5.41, 5.74) is 1.15. The summed E-state index contributed by atoms with van der Waals surface area (Å²) < 4.78 is 12.7. The van der Waals surface area contributed by atoms with Crippen LogP contribution in [0.25, 0.3) is 0 Å². The van der Waals surface area contributed by atoms with E-state index in [0.717, 1.165) is 18.4 Å². The molecule has 0 saturated heterocycles. The Hall–Kier alpha value is -0.930. The fourth-order valence-electron chi connectivity index (χ4n) is 1.66. The molecule has 0 amide bonds. The molecule has 1 aromatic rings. The minimum absolute atomic E-state index is 0.128. The van der Waals surface area contributed by atoms with E-state index in [2.05, 4.69) is 12.2 Å². The molecular formula is C13H20FNO. The van der Waals surface area contributed by atoms with Crippen molar-refractivity contribution in [3.8, 4) is 0 Å². The van der Waals surface area contributed by atoms with E-state index < -0.39 is 0 Å². The average molecular weight is 225 g/mol. The number of nitrogens with one attached hydrogen (secondary N) is 1. The first-order valence-electron chi connectivity index (χ1n) is 5.73. The van der Waals surface area contributed by atoms with Gasteiger partial charge in [-0.2, -0.15) is 0 Å². The Morgan fingerprint density at radius 1 is 1.19 bits per heavy atom. The second-order valence-electron chi connectivity index (χ2n) is 4.32. The van der Waals surface area contributed by atoms with Crippen LogP contribution in [0.4, 0.5) is 4.39 Å². The maximum atomic E-state index is 12.7. The second kappa shape index (κ2) is 6.61. The fourth-order valence-corrected chi connectivity index (χ4v) is 1.66. The molecule has 0 aliphatic rings. The second-order valence-corrected chi connectivity index (χ2v) is 4.32. The van der Waals surface area contributed by atoms with Gasteiger partial charge < -0.3 is 10.4 Å². The van der Waals surface area contributed by atoms with Gasteiger partial charge in [0, 0.05) is 12.1 Å². The molecule has 0 bridgehead atoms. The molecule has 3 heteroatoms. The number of benzene rings is 1. The zero-order chi connectivity index (χ0) is 12.0. The molecule has 0 saturated carbocycles. The lowest BCUT2D eigenvalue weighted by Gasteiger charge is -2.18. The average Bonchev–Trinajstić information content (AvgIpc) is 2.28. The van der Waals surface area contributed by atoms with Crippen LogP contribution in [0.1, 0.15) is 25.8 Å². The van der Waals surface area contributed by atoms with Crippen molar-refractivity contribution in [1.82, 2.24) is 5.32 Å². The van der Waals surface area contributed by atoms with E-state index in [-0.39, 0.29) is 18.5 Å². The van der Waals surface area contributed by atoms with Crippen LogP contribution in [0.5, 0.6) is 0 Å². The Morgan fingerprint density at radius 2 is 1.81 bits per heavy atom. The summed E-state index contributed by atoms with van der Waals surface area (Å²) in [7, 11) is 0. The molecule has 0 spiro atoms. The molecule has 0 aliphatic carbocycles. The minimum atomic E-state index is -0.191. The lowest BCUT2D eigenvalue weighted by molar-refractivity contribution is 0.241. The molecule has 2 atom stereocenters. The van der Waals surface area contributed by atoms with Gasteiger partial charge in [0.1, 0.15) is 5.82 Å². The van der Waals surface area contributed by atoms with E-state index in [0.29, 0.717) is 6.04 Å². The zero-order valence-electron chi connectivity index (χ0n) is 9.91. The van der Waals surface area contributed by atoms with Crippen LogP contribution >= 0.6 is 0 Å². The molecule has 90 valence electrons. The van der Waals surface area contributed by atoms with Crippen LogP contribution < -0.4 is 5.32 Å². The maximum Gasteiger partial charge on any atom is 0.123 e. The number of aliphatic hydroxyl groups is 1. The molecule has 2 nitrogen and oxygen atoms in total. The van der Waals surface area contributed by atoms with Crippen LogP contribution in [-0.4, -0.2) is 23.8 Å². The van der Waals surface area contributed by atoms with Gasteiger partial charge in [0.25, 0.3) is 0 Å². The zero-order valence-corrected chi connectivity index (χ0v) is 9.91. The number of aryl methyl sites for hydroxylation is 1. The summed E-state index contributed by atoms with van der Waals surface area (Å²) in [5, 5.41) is 12.2. The molecule has 0 fully saturated rings. The van der Waals surface area contributed by atoms with Gasteiger partial charge in [-0.3, -0.25) is 0 Å². The topological polar surface area (TPSA) is 32.3 Å². The Bertz CT molecular complexity index is 299. The number of aliphatic hydroxyl groups excluding tert-OH is 1. The summed E-state index contributed by atoms with van der Waals surface area (Å²) in [5.74, 6) is -0.191. The van der Waals surface area contributed by atoms with Crippen molar-refractivity contribution in [2.45, 2.75) is 38.8 Å². The van der Waals surface area contributed by atoms with Gasteiger partial charge in [-0.05, 0) is 44.4 Å². The predicted molar refractivity (Wildman–Crippen MR) is 63.9 cm³/mol. The maximum absolute atomic E-state index is 12.7. The van der Waals surface area contributed by atoms with Crippen molar-refractivity contribution in [1.29, 1.82) is 0 Å². The molecule has 1 unspecified atom stereocenters. The third-order valence-corrected chi connectivity index (χ3v) is 2.62. The highest BCUT2D eigenvalue weighted by molar-refractivity contribution is 5.16. The SMILES string of the molecule is CC(CCc1ccc(F)cc1)N[C@@H](C)CO. The molecule has 0 aromatic heterocycles. The van der Waals surface area contributed by atoms with Crippen molar-refractivity contribution in [2.75, 3.05) is 6.61 Å². The van der Waals surface area contributed by atoms with Crippen LogP contribution in [0.15, 0.2) is 24.3 Å². The first kappa shape index (κ1) is 13.1. The Labute approximate surface area is 96.5 Å². The largest absolute Gasteiger partial charge is 0.395 e. The first-order chi connectivity index (χ1) is 7.61. The van der Waals surface area contributed by atoms with Crippen molar-refractivity contribution in [3.05, 3.63) is 35.6 Å². The van der Waals surface area contributed by atoms with E-state index in [9.17, 15) is 4.39 Å². The molecule has 0 heterocycles. The van der Waals surface area contributed by atoms with Crippen molar-refractivity contribution in [3.63, 3.8) is 0 Å². The van der Waals surface area contributed by atoms with Gasteiger partial charge in [0.2, 0.25) is 0 Å². The van der Waals surface area contributed by atoms with E-state index in [1.165, 1.54) is 12.1 Å². The van der Waals surface area contributed by atoms with Crippen LogP contribution in [0.2, 0.25) is 0 Å². The van der Waals surface area contributed by atoms with Crippen molar-refractivity contribution < 1.29 is 9.50 Å². The van der Waals surface area contributed by atoms with Gasteiger partial charge in [-0.25, -0.2) is 4.39 Å². The fraction of sp³-hybridized carbons (Fsp3) is 0.538. The van der Waals surface area contributed by atoms with E-state index in [4.69, 9.17) is 5.11 Å². The smallest absolute Gasteiger partial charge is 0.123 e. The Kier molecular flexibility index (Phi) is 5.43. The van der Waals surface area contributed by atoms with Crippen molar-refractivity contribution >= 4 is 0 Å². The third kappa shape index (κ3) is 4.73. The molecule has 16 heavy (non-hydrogen) atoms. The van der Waals surface area contributed by atoms with E-state index in [1.54, 1.807) is 0 Å². The minimum Gasteiger partial charge on any atom is -0.395 e. The van der Waals surface area contributed by atoms with E-state index in [1.807, 2.05) is 19.1 Å². The number of hydrogen-bond donors (Lipinski definition) is 2. The van der Waals surface area contributed by atoms with Crippen LogP contribution in [0, 0.1) is 5.82 Å². The number of halogens is 1. The van der Waals surface area contributed by atoms with Gasteiger partial charge >= 0.3 is 0 Å². The van der Waals surface area contributed by atoms with Crippen LogP contribution in [-0.2, 0) is 6.42 Å². The molecule has 0 aliphatic heterocycles. The quantitative estimate of drug-likeness (QED) is 0.777. The summed E-state index contributed by atoms with van der Waals surface area (Å²) in [6.45, 7) is 4.20. The van der Waals surface area contributed by atoms with Gasteiger partial charge in [-0.1, -0.05) is 12.1 Å². The van der Waals surface area contributed by atoms with E-state index >= 15 is 0 Å². The number of rotatable bonds is 6. The molecule has 1 aromatic carbocycles. The standard InChI is InChI=1S/C13H20FNO/c1-10(15-11(2)9-16)3-4-12-5-7-13(14)8-6-12/h5-8,10-11,15-16H,3-4,9H2,1-2H3/t10?,11-/m0/s1. The summed E-state index contributed by atoms with van der Waals surface area (Å²) in [4.78, 5) is 0. The Morgan fingerprint density at radius 3 is 2.38 bits per heavy atom. The number of hydrogen-bond acceptors (Lipinski definition) is 2. The lowest BCUT2D eigenvalue weighted by atomic mass is 10.1. The van der Waals surface area contributed by atoms with Gasteiger partial charge in [-0.15, -0.1) is 0 Å². The third-order valence-electron chi connectivity index (χ3n) is 2.62.